The van der Waals surface area contributed by atoms with Gasteiger partial charge in [0.2, 0.25) is 0 Å². The number of hydrogen-bond acceptors (Lipinski definition) is 5. The zero-order valence-electron chi connectivity index (χ0n) is 16.6. The van der Waals surface area contributed by atoms with Crippen LogP contribution in [-0.2, 0) is 19.1 Å². The first kappa shape index (κ1) is 19.9. The number of methoxy groups -OCH3 is 1. The number of benzene rings is 2. The molecule has 2 aromatic carbocycles. The molecule has 0 bridgehead atoms. The normalized spacial score (nSPS) is 20.2. The Hall–Kier alpha value is -3.35. The summed E-state index contributed by atoms with van der Waals surface area (Å²) in [5.74, 6) is -2.88. The van der Waals surface area contributed by atoms with Crippen LogP contribution in [-0.4, -0.2) is 54.3 Å². The van der Waals surface area contributed by atoms with Gasteiger partial charge in [0.25, 0.3) is 0 Å². The maximum atomic E-state index is 12.8. The quantitative estimate of drug-likeness (QED) is 0.779. The van der Waals surface area contributed by atoms with Crippen LogP contribution < -0.4 is 0 Å². The van der Waals surface area contributed by atoms with Gasteiger partial charge >= 0.3 is 18.0 Å². The maximum absolute atomic E-state index is 12.8. The fourth-order valence-electron chi connectivity index (χ4n) is 4.58. The summed E-state index contributed by atoms with van der Waals surface area (Å²) >= 11 is 0. The minimum Gasteiger partial charge on any atom is -0.480 e. The Kier molecular flexibility index (Phi) is 5.44. The molecule has 7 heteroatoms. The van der Waals surface area contributed by atoms with Crippen molar-refractivity contribution in [2.24, 2.45) is 5.92 Å². The lowest BCUT2D eigenvalue weighted by Crippen LogP contribution is -2.55. The standard InChI is InChI=1S/C23H23NO6/c1-29-22(27)18-11-6-12-24(20(18)21(25)26)23(28)30-13-19-16-9-4-2-7-14(16)15-8-3-5-10-17(15)19/h2-5,7-10,18-20H,6,11-13H2,1H3,(H,25,26). The van der Waals surface area contributed by atoms with Crippen molar-refractivity contribution in [2.75, 3.05) is 20.3 Å². The van der Waals surface area contributed by atoms with Crippen molar-refractivity contribution in [3.8, 4) is 11.1 Å². The monoisotopic (exact) mass is 409 g/mol. The zero-order valence-corrected chi connectivity index (χ0v) is 16.6. The van der Waals surface area contributed by atoms with Gasteiger partial charge in [-0.15, -0.1) is 0 Å². The van der Waals surface area contributed by atoms with Crippen LogP contribution in [0.1, 0.15) is 29.9 Å². The third-order valence-electron chi connectivity index (χ3n) is 5.96. The van der Waals surface area contributed by atoms with Crippen molar-refractivity contribution < 1.29 is 29.0 Å². The molecule has 1 N–H and O–H groups in total. The summed E-state index contributed by atoms with van der Waals surface area (Å²) in [6.07, 6.45) is 0.141. The van der Waals surface area contributed by atoms with Gasteiger partial charge in [-0.05, 0) is 35.1 Å². The van der Waals surface area contributed by atoms with Gasteiger partial charge in [0.15, 0.2) is 0 Å². The predicted molar refractivity (Wildman–Crippen MR) is 108 cm³/mol. The van der Waals surface area contributed by atoms with E-state index in [4.69, 9.17) is 9.47 Å². The molecule has 0 spiro atoms. The number of hydrogen-bond donors (Lipinski definition) is 1. The number of nitrogens with zero attached hydrogens (tertiary/aromatic N) is 1. The van der Waals surface area contributed by atoms with Gasteiger partial charge in [-0.1, -0.05) is 48.5 Å². The summed E-state index contributed by atoms with van der Waals surface area (Å²) in [4.78, 5) is 37.8. The zero-order chi connectivity index (χ0) is 21.3. The number of amides is 1. The summed E-state index contributed by atoms with van der Waals surface area (Å²) in [6, 6.07) is 14.7. The summed E-state index contributed by atoms with van der Waals surface area (Å²) in [5.41, 5.74) is 4.38. The molecule has 1 saturated heterocycles. The molecule has 1 aliphatic carbocycles. The molecular formula is C23H23NO6. The number of piperidine rings is 1. The van der Waals surface area contributed by atoms with Crippen LogP contribution in [0, 0.1) is 5.92 Å². The molecule has 7 nitrogen and oxygen atoms in total. The van der Waals surface area contributed by atoms with E-state index in [1.165, 1.54) is 7.11 Å². The minimum absolute atomic E-state index is 0.0958. The average molecular weight is 409 g/mol. The fraction of sp³-hybridized carbons (Fsp3) is 0.348. The Balaban J connectivity index is 1.53. The Morgan fingerprint density at radius 3 is 2.20 bits per heavy atom. The number of aliphatic carboxylic acids is 1. The number of carboxylic acids is 1. The number of likely N-dealkylation sites (tertiary alicyclic amines) is 1. The van der Waals surface area contributed by atoms with E-state index in [-0.39, 0.29) is 19.1 Å². The van der Waals surface area contributed by atoms with Crippen LogP contribution in [0.4, 0.5) is 4.79 Å². The molecule has 2 atom stereocenters. The average Bonchev–Trinajstić information content (AvgIpc) is 3.10. The third-order valence-corrected chi connectivity index (χ3v) is 5.96. The lowest BCUT2D eigenvalue weighted by atomic mass is 9.89. The van der Waals surface area contributed by atoms with E-state index in [1.54, 1.807) is 0 Å². The van der Waals surface area contributed by atoms with Crippen LogP contribution in [0.2, 0.25) is 0 Å². The molecule has 1 fully saturated rings. The predicted octanol–water partition coefficient (Wildman–Crippen LogP) is 3.27. The molecule has 2 aromatic rings. The highest BCUT2D eigenvalue weighted by Gasteiger charge is 2.44. The lowest BCUT2D eigenvalue weighted by Gasteiger charge is -2.36. The van der Waals surface area contributed by atoms with Gasteiger partial charge < -0.3 is 14.6 Å². The summed E-state index contributed by atoms with van der Waals surface area (Å²) in [5, 5.41) is 9.66. The topological polar surface area (TPSA) is 93.1 Å². The van der Waals surface area contributed by atoms with Gasteiger partial charge in [0, 0.05) is 12.5 Å². The molecular weight excluding hydrogens is 386 g/mol. The number of carbonyl (C=O) groups excluding carboxylic acids is 2. The smallest absolute Gasteiger partial charge is 0.410 e. The third kappa shape index (κ3) is 3.40. The first-order chi connectivity index (χ1) is 14.5. The second kappa shape index (κ2) is 8.18. The molecule has 0 aromatic heterocycles. The number of fused-ring (bicyclic) bond motifs is 3. The van der Waals surface area contributed by atoms with Crippen LogP contribution in [0.25, 0.3) is 11.1 Å². The maximum Gasteiger partial charge on any atom is 0.410 e. The van der Waals surface area contributed by atoms with Gasteiger partial charge in [-0.3, -0.25) is 9.69 Å². The molecule has 0 saturated carbocycles. The van der Waals surface area contributed by atoms with Crippen molar-refractivity contribution in [1.82, 2.24) is 4.90 Å². The molecule has 2 unspecified atom stereocenters. The number of carboxylic acid groups (broad SMARTS) is 1. The Morgan fingerprint density at radius 2 is 1.63 bits per heavy atom. The van der Waals surface area contributed by atoms with Crippen LogP contribution in [0.15, 0.2) is 48.5 Å². The number of rotatable bonds is 4. The van der Waals surface area contributed by atoms with Crippen molar-refractivity contribution in [3.05, 3.63) is 59.7 Å². The van der Waals surface area contributed by atoms with E-state index in [0.29, 0.717) is 12.8 Å². The minimum atomic E-state index is -1.29. The Morgan fingerprint density at radius 1 is 1.03 bits per heavy atom. The number of ether oxygens (including phenoxy) is 2. The number of carbonyl (C=O) groups is 3. The largest absolute Gasteiger partial charge is 0.480 e. The molecule has 2 aliphatic rings. The van der Waals surface area contributed by atoms with E-state index in [2.05, 4.69) is 0 Å². The van der Waals surface area contributed by atoms with E-state index in [1.807, 2.05) is 48.5 Å². The van der Waals surface area contributed by atoms with E-state index in [0.717, 1.165) is 27.2 Å². The van der Waals surface area contributed by atoms with E-state index >= 15 is 0 Å². The molecule has 1 heterocycles. The first-order valence-corrected chi connectivity index (χ1v) is 9.95. The highest BCUT2D eigenvalue weighted by atomic mass is 16.6. The van der Waals surface area contributed by atoms with Crippen molar-refractivity contribution >= 4 is 18.0 Å². The van der Waals surface area contributed by atoms with Crippen LogP contribution in [0.5, 0.6) is 0 Å². The second-order valence-corrected chi connectivity index (χ2v) is 7.55. The van der Waals surface area contributed by atoms with Crippen molar-refractivity contribution in [1.29, 1.82) is 0 Å². The van der Waals surface area contributed by atoms with Crippen molar-refractivity contribution in [3.63, 3.8) is 0 Å². The van der Waals surface area contributed by atoms with Gasteiger partial charge in [-0.2, -0.15) is 0 Å². The van der Waals surface area contributed by atoms with Gasteiger partial charge in [0.1, 0.15) is 12.6 Å². The molecule has 156 valence electrons. The molecule has 4 rings (SSSR count). The van der Waals surface area contributed by atoms with E-state index in [9.17, 15) is 19.5 Å². The summed E-state index contributed by atoms with van der Waals surface area (Å²) in [6.45, 7) is 0.319. The SMILES string of the molecule is COC(=O)C1CCCN(C(=O)OCC2c3ccccc3-c3ccccc32)C1C(=O)O. The number of esters is 1. The van der Waals surface area contributed by atoms with Gasteiger partial charge in [0.05, 0.1) is 13.0 Å². The molecule has 1 amide bonds. The summed E-state index contributed by atoms with van der Waals surface area (Å²) in [7, 11) is 1.22. The lowest BCUT2D eigenvalue weighted by molar-refractivity contribution is -0.159. The second-order valence-electron chi connectivity index (χ2n) is 7.55. The molecule has 30 heavy (non-hydrogen) atoms. The van der Waals surface area contributed by atoms with Crippen LogP contribution in [0.3, 0.4) is 0 Å². The molecule has 1 aliphatic heterocycles. The summed E-state index contributed by atoms with van der Waals surface area (Å²) < 4.78 is 10.3. The molecule has 0 radical (unpaired) electrons. The fourth-order valence-corrected chi connectivity index (χ4v) is 4.58. The van der Waals surface area contributed by atoms with Crippen molar-refractivity contribution in [2.45, 2.75) is 24.8 Å². The Bertz CT molecular complexity index is 942. The highest BCUT2D eigenvalue weighted by Crippen LogP contribution is 2.44. The van der Waals surface area contributed by atoms with Gasteiger partial charge in [-0.25, -0.2) is 9.59 Å². The van der Waals surface area contributed by atoms with Crippen LogP contribution >= 0.6 is 0 Å². The Labute approximate surface area is 174 Å². The van der Waals surface area contributed by atoms with E-state index < -0.39 is 30.0 Å². The highest BCUT2D eigenvalue weighted by molar-refractivity contribution is 5.87. The first-order valence-electron chi connectivity index (χ1n) is 9.95.